The fraction of sp³-hybridized carbons (Fsp3) is 0.733. The van der Waals surface area contributed by atoms with Gasteiger partial charge in [0.25, 0.3) is 0 Å². The third kappa shape index (κ3) is 4.08. The molecule has 2 N–H and O–H groups in total. The largest absolute Gasteiger partial charge is 0.328 e. The molecule has 2 rings (SSSR count). The van der Waals surface area contributed by atoms with Crippen molar-refractivity contribution in [1.82, 2.24) is 4.90 Å². The van der Waals surface area contributed by atoms with Crippen molar-refractivity contribution in [3.8, 4) is 0 Å². The van der Waals surface area contributed by atoms with E-state index in [1.807, 2.05) is 0 Å². The molecule has 0 aromatic carbocycles. The van der Waals surface area contributed by atoms with E-state index in [4.69, 9.17) is 5.73 Å². The van der Waals surface area contributed by atoms with Crippen molar-refractivity contribution in [2.45, 2.75) is 57.5 Å². The van der Waals surface area contributed by atoms with Crippen LogP contribution in [0.15, 0.2) is 16.8 Å². The summed E-state index contributed by atoms with van der Waals surface area (Å²) in [5.41, 5.74) is 7.50. The number of nitrogens with zero attached hydrogens (tertiary/aromatic N) is 1. The van der Waals surface area contributed by atoms with E-state index in [0.29, 0.717) is 6.04 Å². The normalized spacial score (nSPS) is 24.6. The minimum atomic E-state index is 0.460. The summed E-state index contributed by atoms with van der Waals surface area (Å²) in [6.45, 7) is 4.74. The fourth-order valence-corrected chi connectivity index (χ4v) is 3.64. The topological polar surface area (TPSA) is 29.3 Å². The number of nitrogens with two attached hydrogens (primary N) is 1. The van der Waals surface area contributed by atoms with Gasteiger partial charge >= 0.3 is 0 Å². The van der Waals surface area contributed by atoms with Crippen LogP contribution in [0.5, 0.6) is 0 Å². The Balaban J connectivity index is 1.83. The molecule has 0 radical (unpaired) electrons. The lowest BCUT2D eigenvalue weighted by Gasteiger charge is -2.36. The molecule has 0 spiro atoms. The average molecular weight is 266 g/mol. The second kappa shape index (κ2) is 7.27. The van der Waals surface area contributed by atoms with Crippen LogP contribution in [0.1, 0.15) is 44.6 Å². The van der Waals surface area contributed by atoms with Gasteiger partial charge in [-0.1, -0.05) is 6.92 Å². The van der Waals surface area contributed by atoms with Gasteiger partial charge in [0.1, 0.15) is 0 Å². The summed E-state index contributed by atoms with van der Waals surface area (Å²) >= 11 is 1.81. The van der Waals surface area contributed by atoms with Gasteiger partial charge < -0.3 is 10.6 Å². The summed E-state index contributed by atoms with van der Waals surface area (Å²) in [5, 5.41) is 4.46. The van der Waals surface area contributed by atoms with Gasteiger partial charge in [-0.2, -0.15) is 11.3 Å². The maximum atomic E-state index is 6.01. The van der Waals surface area contributed by atoms with E-state index < -0.39 is 0 Å². The first kappa shape index (κ1) is 14.0. The highest BCUT2D eigenvalue weighted by Crippen LogP contribution is 2.22. The van der Waals surface area contributed by atoms with E-state index in [0.717, 1.165) is 6.04 Å². The van der Waals surface area contributed by atoms with E-state index in [2.05, 4.69) is 28.7 Å². The van der Waals surface area contributed by atoms with Gasteiger partial charge in [-0.3, -0.25) is 0 Å². The van der Waals surface area contributed by atoms with Crippen molar-refractivity contribution >= 4 is 11.3 Å². The fourth-order valence-electron chi connectivity index (χ4n) is 2.94. The Morgan fingerprint density at radius 1 is 1.28 bits per heavy atom. The molecule has 0 aliphatic heterocycles. The van der Waals surface area contributed by atoms with E-state index >= 15 is 0 Å². The molecule has 0 saturated heterocycles. The van der Waals surface area contributed by atoms with Crippen LogP contribution in [0.4, 0.5) is 0 Å². The van der Waals surface area contributed by atoms with E-state index in [1.165, 1.54) is 57.2 Å². The maximum Gasteiger partial charge on any atom is 0.00965 e. The molecule has 0 amide bonds. The summed E-state index contributed by atoms with van der Waals surface area (Å²) < 4.78 is 0. The highest BCUT2D eigenvalue weighted by molar-refractivity contribution is 7.07. The van der Waals surface area contributed by atoms with Crippen LogP contribution in [0, 0.1) is 0 Å². The van der Waals surface area contributed by atoms with Crippen LogP contribution >= 0.6 is 11.3 Å². The average Bonchev–Trinajstić information content (AvgIpc) is 2.89. The third-order valence-electron chi connectivity index (χ3n) is 4.04. The van der Waals surface area contributed by atoms with E-state index in [1.54, 1.807) is 11.3 Å². The van der Waals surface area contributed by atoms with Gasteiger partial charge in [0.05, 0.1) is 0 Å². The highest BCUT2D eigenvalue weighted by atomic mass is 32.1. The first-order valence-corrected chi connectivity index (χ1v) is 8.24. The summed E-state index contributed by atoms with van der Waals surface area (Å²) in [5.74, 6) is 0. The highest BCUT2D eigenvalue weighted by Gasteiger charge is 2.23. The second-order valence-electron chi connectivity index (χ2n) is 5.49. The summed E-state index contributed by atoms with van der Waals surface area (Å²) in [6, 6.07) is 3.50. The summed E-state index contributed by atoms with van der Waals surface area (Å²) in [4.78, 5) is 2.70. The van der Waals surface area contributed by atoms with Crippen LogP contribution < -0.4 is 5.73 Å². The molecule has 1 saturated carbocycles. The Morgan fingerprint density at radius 2 is 2.06 bits per heavy atom. The smallest absolute Gasteiger partial charge is 0.00965 e. The van der Waals surface area contributed by atoms with Crippen molar-refractivity contribution in [2.24, 2.45) is 5.73 Å². The molecule has 0 bridgehead atoms. The SMILES string of the molecule is CCCN(CCc1ccsc1)C1CCC(N)CC1. The molecule has 1 aliphatic carbocycles. The molecular formula is C15H26N2S. The molecule has 1 aromatic heterocycles. The minimum Gasteiger partial charge on any atom is -0.328 e. The molecule has 3 heteroatoms. The van der Waals surface area contributed by atoms with Crippen molar-refractivity contribution in [3.63, 3.8) is 0 Å². The molecule has 1 fully saturated rings. The first-order chi connectivity index (χ1) is 8.79. The van der Waals surface area contributed by atoms with Crippen LogP contribution in [0.25, 0.3) is 0 Å². The maximum absolute atomic E-state index is 6.01. The molecular weight excluding hydrogens is 240 g/mol. The van der Waals surface area contributed by atoms with Gasteiger partial charge in [-0.15, -0.1) is 0 Å². The lowest BCUT2D eigenvalue weighted by atomic mass is 9.90. The molecule has 1 aromatic rings. The van der Waals surface area contributed by atoms with Crippen LogP contribution in [0.2, 0.25) is 0 Å². The van der Waals surface area contributed by atoms with Crippen LogP contribution in [-0.2, 0) is 6.42 Å². The standard InChI is InChI=1S/C15H26N2S/c1-2-9-17(10-7-13-8-11-18-12-13)15-5-3-14(16)4-6-15/h8,11-12,14-15H,2-7,9-10,16H2,1H3. The van der Waals surface area contributed by atoms with Crippen LogP contribution in [-0.4, -0.2) is 30.1 Å². The second-order valence-corrected chi connectivity index (χ2v) is 6.27. The van der Waals surface area contributed by atoms with Crippen molar-refractivity contribution in [3.05, 3.63) is 22.4 Å². The number of rotatable bonds is 6. The van der Waals surface area contributed by atoms with Gasteiger partial charge in [-0.25, -0.2) is 0 Å². The van der Waals surface area contributed by atoms with Crippen molar-refractivity contribution < 1.29 is 0 Å². The lowest BCUT2D eigenvalue weighted by Crippen LogP contribution is -2.42. The minimum absolute atomic E-state index is 0.460. The lowest BCUT2D eigenvalue weighted by molar-refractivity contribution is 0.151. The van der Waals surface area contributed by atoms with Crippen LogP contribution in [0.3, 0.4) is 0 Å². The molecule has 102 valence electrons. The Morgan fingerprint density at radius 3 is 2.67 bits per heavy atom. The predicted molar refractivity (Wildman–Crippen MR) is 80.1 cm³/mol. The predicted octanol–water partition coefficient (Wildman–Crippen LogP) is 3.27. The van der Waals surface area contributed by atoms with Gasteiger partial charge in [0.2, 0.25) is 0 Å². The van der Waals surface area contributed by atoms with E-state index in [9.17, 15) is 0 Å². The third-order valence-corrected chi connectivity index (χ3v) is 4.77. The molecule has 0 unspecified atom stereocenters. The molecule has 0 atom stereocenters. The molecule has 2 nitrogen and oxygen atoms in total. The molecule has 1 aliphatic rings. The van der Waals surface area contributed by atoms with Crippen molar-refractivity contribution in [2.75, 3.05) is 13.1 Å². The molecule has 18 heavy (non-hydrogen) atoms. The quantitative estimate of drug-likeness (QED) is 0.856. The van der Waals surface area contributed by atoms with Gasteiger partial charge in [0.15, 0.2) is 0 Å². The zero-order chi connectivity index (χ0) is 12.8. The van der Waals surface area contributed by atoms with E-state index in [-0.39, 0.29) is 0 Å². The monoisotopic (exact) mass is 266 g/mol. The van der Waals surface area contributed by atoms with Gasteiger partial charge in [0, 0.05) is 18.6 Å². The summed E-state index contributed by atoms with van der Waals surface area (Å²) in [6.07, 6.45) is 7.47. The Kier molecular flexibility index (Phi) is 5.67. The Bertz CT molecular complexity index is 315. The summed E-state index contributed by atoms with van der Waals surface area (Å²) in [7, 11) is 0. The van der Waals surface area contributed by atoms with Gasteiger partial charge in [-0.05, 0) is 67.5 Å². The number of hydrogen-bond donors (Lipinski definition) is 1. The number of thiophene rings is 1. The Labute approximate surface area is 115 Å². The number of hydrogen-bond acceptors (Lipinski definition) is 3. The van der Waals surface area contributed by atoms with Crippen molar-refractivity contribution in [1.29, 1.82) is 0 Å². The first-order valence-electron chi connectivity index (χ1n) is 7.30. The zero-order valence-electron chi connectivity index (χ0n) is 11.5. The Hall–Kier alpha value is -0.380. The molecule has 1 heterocycles. The zero-order valence-corrected chi connectivity index (χ0v) is 12.3.